The molecule has 0 radical (unpaired) electrons. The van der Waals surface area contributed by atoms with Gasteiger partial charge in [0.05, 0.1) is 13.7 Å². The summed E-state index contributed by atoms with van der Waals surface area (Å²) in [5, 5.41) is 1.98. The first-order valence-corrected chi connectivity index (χ1v) is 9.11. The van der Waals surface area contributed by atoms with E-state index >= 15 is 0 Å². The molecule has 1 aliphatic rings. The van der Waals surface area contributed by atoms with Crippen molar-refractivity contribution in [1.82, 2.24) is 0 Å². The van der Waals surface area contributed by atoms with Crippen LogP contribution in [0.25, 0.3) is 5.57 Å². The molecule has 1 heterocycles. The summed E-state index contributed by atoms with van der Waals surface area (Å²) in [6, 6.07) is 11.5. The van der Waals surface area contributed by atoms with E-state index in [1.807, 2.05) is 41.8 Å². The fraction of sp³-hybridized carbons (Fsp3) is 0.300. The minimum absolute atomic E-state index is 0.194. The van der Waals surface area contributed by atoms with Crippen LogP contribution in [0.1, 0.15) is 29.7 Å². The van der Waals surface area contributed by atoms with E-state index in [9.17, 15) is 9.59 Å². The minimum Gasteiger partial charge on any atom is -0.497 e. The molecule has 1 aromatic carbocycles. The van der Waals surface area contributed by atoms with Crippen molar-refractivity contribution in [3.63, 3.8) is 0 Å². The number of rotatable bonds is 5. The fourth-order valence-electron chi connectivity index (χ4n) is 3.20. The lowest BCUT2D eigenvalue weighted by atomic mass is 9.74. The first-order chi connectivity index (χ1) is 12.1. The van der Waals surface area contributed by atoms with E-state index < -0.39 is 11.9 Å². The van der Waals surface area contributed by atoms with Crippen LogP contribution >= 0.6 is 11.3 Å². The molecule has 1 aromatic heterocycles. The molecular weight excluding hydrogens is 336 g/mol. The largest absolute Gasteiger partial charge is 0.497 e. The summed E-state index contributed by atoms with van der Waals surface area (Å²) in [4.78, 5) is 26.2. The zero-order chi connectivity index (χ0) is 17.8. The Bertz CT molecular complexity index is 792. The van der Waals surface area contributed by atoms with Gasteiger partial charge in [-0.3, -0.25) is 9.59 Å². The Hall–Kier alpha value is -2.40. The Labute approximate surface area is 151 Å². The summed E-state index contributed by atoms with van der Waals surface area (Å²) in [5.74, 6) is -1.01. The number of methoxy groups -OCH3 is 1. The minimum atomic E-state index is -0.809. The number of ether oxygens (including phenoxy) is 2. The number of esters is 1. The Morgan fingerprint density at radius 3 is 2.80 bits per heavy atom. The number of hydrogen-bond donors (Lipinski definition) is 0. The molecule has 2 aromatic rings. The molecule has 2 atom stereocenters. The van der Waals surface area contributed by atoms with Gasteiger partial charge in [0.15, 0.2) is 5.78 Å². The maximum absolute atomic E-state index is 12.8. The maximum atomic E-state index is 12.8. The number of benzene rings is 1. The summed E-state index contributed by atoms with van der Waals surface area (Å²) >= 11 is 1.59. The van der Waals surface area contributed by atoms with Gasteiger partial charge < -0.3 is 9.47 Å². The van der Waals surface area contributed by atoms with Gasteiger partial charge in [0.2, 0.25) is 0 Å². The highest BCUT2D eigenvalue weighted by atomic mass is 32.1. The second-order valence-electron chi connectivity index (χ2n) is 5.87. The van der Waals surface area contributed by atoms with Crippen molar-refractivity contribution in [2.24, 2.45) is 5.92 Å². The van der Waals surface area contributed by atoms with Crippen LogP contribution in [-0.4, -0.2) is 25.5 Å². The first-order valence-electron chi connectivity index (χ1n) is 8.23. The van der Waals surface area contributed by atoms with E-state index in [1.165, 1.54) is 0 Å². The standard InChI is InChI=1S/C20H20O4S/c1-3-24-20(22)19-16(13-6-4-7-15(10-13)23-2)11-14(12-17(19)21)18-8-5-9-25-18/h4-10,12,16,19H,3,11H2,1-2H3/t16-,19+/m0/s1. The summed E-state index contributed by atoms with van der Waals surface area (Å²) in [5.41, 5.74) is 1.88. The Morgan fingerprint density at radius 1 is 1.28 bits per heavy atom. The quantitative estimate of drug-likeness (QED) is 0.598. The van der Waals surface area contributed by atoms with Crippen LogP contribution in [0.2, 0.25) is 0 Å². The Balaban J connectivity index is 2.02. The maximum Gasteiger partial charge on any atom is 0.317 e. The molecule has 0 saturated carbocycles. The van der Waals surface area contributed by atoms with Gasteiger partial charge in [-0.05, 0) is 54.1 Å². The van der Waals surface area contributed by atoms with Crippen LogP contribution in [0.3, 0.4) is 0 Å². The third-order valence-electron chi connectivity index (χ3n) is 4.37. The van der Waals surface area contributed by atoms with E-state index in [0.717, 1.165) is 16.0 Å². The van der Waals surface area contributed by atoms with Gasteiger partial charge in [-0.15, -0.1) is 11.3 Å². The summed E-state index contributed by atoms with van der Waals surface area (Å²) < 4.78 is 10.5. The lowest BCUT2D eigenvalue weighted by Crippen LogP contribution is -2.33. The van der Waals surface area contributed by atoms with Gasteiger partial charge in [-0.25, -0.2) is 0 Å². The molecule has 0 fully saturated rings. The smallest absolute Gasteiger partial charge is 0.317 e. The van der Waals surface area contributed by atoms with Crippen molar-refractivity contribution in [2.75, 3.05) is 13.7 Å². The SMILES string of the molecule is CCOC(=O)[C@H]1C(=O)C=C(c2cccs2)C[C@H]1c1cccc(OC)c1. The van der Waals surface area contributed by atoms with Crippen molar-refractivity contribution >= 4 is 28.7 Å². The third kappa shape index (κ3) is 3.66. The van der Waals surface area contributed by atoms with Gasteiger partial charge in [0, 0.05) is 10.8 Å². The van der Waals surface area contributed by atoms with Crippen LogP contribution in [0.15, 0.2) is 47.9 Å². The number of carbonyl (C=O) groups is 2. The number of allylic oxidation sites excluding steroid dienone is 2. The highest BCUT2D eigenvalue weighted by Gasteiger charge is 2.40. The van der Waals surface area contributed by atoms with E-state index in [0.29, 0.717) is 12.2 Å². The number of hydrogen-bond acceptors (Lipinski definition) is 5. The lowest BCUT2D eigenvalue weighted by Gasteiger charge is -2.29. The highest BCUT2D eigenvalue weighted by molar-refractivity contribution is 7.11. The normalized spacial score (nSPS) is 20.1. The lowest BCUT2D eigenvalue weighted by molar-refractivity contribution is -0.151. The molecule has 1 aliphatic carbocycles. The average Bonchev–Trinajstić information content (AvgIpc) is 3.16. The molecule has 130 valence electrons. The molecule has 0 N–H and O–H groups in total. The second-order valence-corrected chi connectivity index (χ2v) is 6.81. The molecule has 0 aliphatic heterocycles. The van der Waals surface area contributed by atoms with E-state index in [1.54, 1.807) is 31.4 Å². The van der Waals surface area contributed by atoms with Gasteiger partial charge in [0.1, 0.15) is 11.7 Å². The molecule has 0 saturated heterocycles. The van der Waals surface area contributed by atoms with Crippen molar-refractivity contribution in [1.29, 1.82) is 0 Å². The van der Waals surface area contributed by atoms with Crippen LogP contribution in [0.4, 0.5) is 0 Å². The zero-order valence-electron chi connectivity index (χ0n) is 14.2. The summed E-state index contributed by atoms with van der Waals surface area (Å²) in [6.45, 7) is 2.01. The fourth-order valence-corrected chi connectivity index (χ4v) is 3.96. The number of thiophene rings is 1. The molecule has 0 bridgehead atoms. The van der Waals surface area contributed by atoms with Crippen molar-refractivity contribution < 1.29 is 19.1 Å². The predicted molar refractivity (Wildman–Crippen MR) is 97.8 cm³/mol. The topological polar surface area (TPSA) is 52.6 Å². The highest BCUT2D eigenvalue weighted by Crippen LogP contribution is 2.41. The van der Waals surface area contributed by atoms with Crippen LogP contribution in [0.5, 0.6) is 5.75 Å². The van der Waals surface area contributed by atoms with E-state index in [-0.39, 0.29) is 18.3 Å². The molecule has 5 heteroatoms. The van der Waals surface area contributed by atoms with Gasteiger partial charge in [0.25, 0.3) is 0 Å². The van der Waals surface area contributed by atoms with E-state index in [2.05, 4.69) is 0 Å². The monoisotopic (exact) mass is 356 g/mol. The van der Waals surface area contributed by atoms with Gasteiger partial charge in [-0.1, -0.05) is 18.2 Å². The second kappa shape index (κ2) is 7.66. The summed E-state index contributed by atoms with van der Waals surface area (Å²) in [7, 11) is 1.60. The Kier molecular flexibility index (Phi) is 5.34. The molecule has 4 nitrogen and oxygen atoms in total. The summed E-state index contributed by atoms with van der Waals surface area (Å²) in [6.07, 6.45) is 2.22. The molecule has 0 unspecified atom stereocenters. The molecule has 0 amide bonds. The molecule has 0 spiro atoms. The van der Waals surface area contributed by atoms with Gasteiger partial charge in [-0.2, -0.15) is 0 Å². The zero-order valence-corrected chi connectivity index (χ0v) is 15.0. The molecular formula is C20H20O4S. The third-order valence-corrected chi connectivity index (χ3v) is 5.31. The van der Waals surface area contributed by atoms with Crippen LogP contribution in [0, 0.1) is 5.92 Å². The Morgan fingerprint density at radius 2 is 2.12 bits per heavy atom. The van der Waals surface area contributed by atoms with Crippen molar-refractivity contribution in [3.05, 3.63) is 58.3 Å². The van der Waals surface area contributed by atoms with Crippen molar-refractivity contribution in [3.8, 4) is 5.75 Å². The molecule has 25 heavy (non-hydrogen) atoms. The average molecular weight is 356 g/mol. The van der Waals surface area contributed by atoms with Crippen LogP contribution < -0.4 is 4.74 Å². The molecule has 3 rings (SSSR count). The van der Waals surface area contributed by atoms with E-state index in [4.69, 9.17) is 9.47 Å². The predicted octanol–water partition coefficient (Wildman–Crippen LogP) is 4.08. The number of carbonyl (C=O) groups excluding carboxylic acids is 2. The van der Waals surface area contributed by atoms with Crippen molar-refractivity contribution in [2.45, 2.75) is 19.3 Å². The number of ketones is 1. The first kappa shape index (κ1) is 17.4. The van der Waals surface area contributed by atoms with Gasteiger partial charge >= 0.3 is 5.97 Å². The van der Waals surface area contributed by atoms with Crippen LogP contribution in [-0.2, 0) is 14.3 Å².